The predicted molar refractivity (Wildman–Crippen MR) is 85.2 cm³/mol. The van der Waals surface area contributed by atoms with Gasteiger partial charge in [-0.3, -0.25) is 0 Å². The van der Waals surface area contributed by atoms with E-state index in [0.29, 0.717) is 12.0 Å². The summed E-state index contributed by atoms with van der Waals surface area (Å²) in [6.45, 7) is 8.84. The van der Waals surface area contributed by atoms with Gasteiger partial charge in [0, 0.05) is 9.75 Å². The van der Waals surface area contributed by atoms with Crippen LogP contribution in [0.3, 0.4) is 0 Å². The molecule has 0 aliphatic carbocycles. The van der Waals surface area contributed by atoms with Crippen molar-refractivity contribution in [1.29, 1.82) is 0 Å². The van der Waals surface area contributed by atoms with E-state index in [4.69, 9.17) is 0 Å². The van der Waals surface area contributed by atoms with Crippen LogP contribution in [0.4, 0.5) is 0 Å². The number of benzene rings is 1. The first-order valence-corrected chi connectivity index (χ1v) is 7.68. The quantitative estimate of drug-likeness (QED) is 0.844. The van der Waals surface area contributed by atoms with Gasteiger partial charge in [0.1, 0.15) is 0 Å². The molecule has 0 radical (unpaired) electrons. The highest BCUT2D eigenvalue weighted by molar-refractivity contribution is 7.12. The van der Waals surface area contributed by atoms with Gasteiger partial charge in [0.25, 0.3) is 0 Å². The van der Waals surface area contributed by atoms with Crippen molar-refractivity contribution in [2.45, 2.75) is 39.7 Å². The summed E-state index contributed by atoms with van der Waals surface area (Å²) in [5, 5.41) is 3.45. The molecular formula is C17H23NS. The van der Waals surface area contributed by atoms with Gasteiger partial charge in [-0.25, -0.2) is 0 Å². The molecule has 0 saturated carbocycles. The largest absolute Gasteiger partial charge is 0.309 e. The van der Waals surface area contributed by atoms with Crippen molar-refractivity contribution < 1.29 is 0 Å². The lowest BCUT2D eigenvalue weighted by atomic mass is 9.97. The maximum Gasteiger partial charge on any atom is 0.0671 e. The van der Waals surface area contributed by atoms with Gasteiger partial charge in [-0.1, -0.05) is 38.1 Å². The monoisotopic (exact) mass is 273 g/mol. The van der Waals surface area contributed by atoms with Crippen LogP contribution in [0, 0.1) is 13.8 Å². The van der Waals surface area contributed by atoms with Crippen molar-refractivity contribution in [3.8, 4) is 0 Å². The minimum atomic E-state index is 0.305. The van der Waals surface area contributed by atoms with Crippen LogP contribution in [0.2, 0.25) is 0 Å². The van der Waals surface area contributed by atoms with E-state index in [1.54, 1.807) is 0 Å². The summed E-state index contributed by atoms with van der Waals surface area (Å²) in [6.07, 6.45) is 0. The maximum atomic E-state index is 3.45. The number of nitrogens with one attached hydrogen (secondary N) is 1. The Labute approximate surface area is 120 Å². The highest BCUT2D eigenvalue weighted by Gasteiger charge is 2.16. The minimum absolute atomic E-state index is 0.305. The van der Waals surface area contributed by atoms with Crippen molar-refractivity contribution in [3.63, 3.8) is 0 Å². The Morgan fingerprint density at radius 2 is 1.58 bits per heavy atom. The molecule has 2 rings (SSSR count). The van der Waals surface area contributed by atoms with Crippen LogP contribution in [0.25, 0.3) is 0 Å². The molecule has 1 aromatic carbocycles. The zero-order valence-corrected chi connectivity index (χ0v) is 13.3. The Balaban J connectivity index is 2.34. The molecule has 0 bridgehead atoms. The van der Waals surface area contributed by atoms with Gasteiger partial charge in [-0.2, -0.15) is 0 Å². The summed E-state index contributed by atoms with van der Waals surface area (Å²) < 4.78 is 0. The maximum absolute atomic E-state index is 3.45. The van der Waals surface area contributed by atoms with Crippen LogP contribution in [0.5, 0.6) is 0 Å². The van der Waals surface area contributed by atoms with E-state index in [1.807, 2.05) is 18.4 Å². The molecule has 0 amide bonds. The zero-order valence-electron chi connectivity index (χ0n) is 12.4. The van der Waals surface area contributed by atoms with E-state index in [0.717, 1.165) is 0 Å². The molecule has 1 aromatic heterocycles. The van der Waals surface area contributed by atoms with Crippen LogP contribution in [-0.2, 0) is 0 Å². The number of rotatable bonds is 4. The summed E-state index contributed by atoms with van der Waals surface area (Å²) in [6, 6.07) is 11.6. The highest BCUT2D eigenvalue weighted by Crippen LogP contribution is 2.32. The smallest absolute Gasteiger partial charge is 0.0671 e. The Hall–Kier alpha value is -1.12. The topological polar surface area (TPSA) is 12.0 Å². The van der Waals surface area contributed by atoms with E-state index in [1.165, 1.54) is 26.4 Å². The molecule has 19 heavy (non-hydrogen) atoms. The van der Waals surface area contributed by atoms with E-state index < -0.39 is 0 Å². The molecule has 0 fully saturated rings. The first-order valence-electron chi connectivity index (χ1n) is 6.87. The molecule has 1 unspecified atom stereocenters. The lowest BCUT2D eigenvalue weighted by Crippen LogP contribution is -2.17. The SMILES string of the molecule is CNC(c1ccc(C(C)C)cc1)c1sc(C)cc1C. The van der Waals surface area contributed by atoms with Crippen molar-refractivity contribution >= 4 is 11.3 Å². The summed E-state index contributed by atoms with van der Waals surface area (Å²) >= 11 is 1.89. The molecule has 0 aliphatic rings. The van der Waals surface area contributed by atoms with Gasteiger partial charge in [0.2, 0.25) is 0 Å². The number of hydrogen-bond acceptors (Lipinski definition) is 2. The molecular weight excluding hydrogens is 250 g/mol. The summed E-state index contributed by atoms with van der Waals surface area (Å²) in [5.41, 5.74) is 4.13. The molecule has 0 saturated heterocycles. The average molecular weight is 273 g/mol. The van der Waals surface area contributed by atoms with E-state index in [9.17, 15) is 0 Å². The second-order valence-corrected chi connectivity index (χ2v) is 6.74. The van der Waals surface area contributed by atoms with Gasteiger partial charge in [-0.05, 0) is 49.6 Å². The molecule has 2 aromatic rings. The fraction of sp³-hybridized carbons (Fsp3) is 0.412. The fourth-order valence-electron chi connectivity index (χ4n) is 2.47. The Kier molecular flexibility index (Phi) is 4.43. The summed E-state index contributed by atoms with van der Waals surface area (Å²) in [7, 11) is 2.04. The van der Waals surface area contributed by atoms with Crippen LogP contribution in [0.15, 0.2) is 30.3 Å². The number of thiophene rings is 1. The van der Waals surface area contributed by atoms with E-state index in [-0.39, 0.29) is 0 Å². The van der Waals surface area contributed by atoms with Crippen molar-refractivity contribution in [2.24, 2.45) is 0 Å². The third kappa shape index (κ3) is 3.07. The lowest BCUT2D eigenvalue weighted by molar-refractivity contribution is 0.699. The first kappa shape index (κ1) is 14.3. The van der Waals surface area contributed by atoms with Crippen molar-refractivity contribution in [1.82, 2.24) is 5.32 Å². The van der Waals surface area contributed by atoms with Gasteiger partial charge in [0.15, 0.2) is 0 Å². The Morgan fingerprint density at radius 3 is 2.00 bits per heavy atom. The Morgan fingerprint density at radius 1 is 1.00 bits per heavy atom. The predicted octanol–water partition coefficient (Wildman–Crippen LogP) is 4.80. The molecule has 1 heterocycles. The zero-order chi connectivity index (χ0) is 14.0. The second kappa shape index (κ2) is 5.89. The average Bonchev–Trinajstić information content (AvgIpc) is 2.70. The van der Waals surface area contributed by atoms with Crippen LogP contribution < -0.4 is 5.32 Å². The van der Waals surface area contributed by atoms with Crippen molar-refractivity contribution in [3.05, 3.63) is 56.8 Å². The molecule has 1 atom stereocenters. The third-order valence-corrected chi connectivity index (χ3v) is 4.78. The van der Waals surface area contributed by atoms with E-state index >= 15 is 0 Å². The van der Waals surface area contributed by atoms with Gasteiger partial charge in [0.05, 0.1) is 6.04 Å². The standard InChI is InChI=1S/C17H23NS/c1-11(2)14-6-8-15(9-7-14)16(18-5)17-12(3)10-13(4)19-17/h6-11,16,18H,1-5H3. The van der Waals surface area contributed by atoms with Crippen LogP contribution in [-0.4, -0.2) is 7.05 Å². The molecule has 2 heteroatoms. The Bertz CT molecular complexity index is 537. The van der Waals surface area contributed by atoms with Crippen LogP contribution in [0.1, 0.15) is 52.3 Å². The molecule has 0 aliphatic heterocycles. The second-order valence-electron chi connectivity index (χ2n) is 5.45. The van der Waals surface area contributed by atoms with Gasteiger partial charge >= 0.3 is 0 Å². The lowest BCUT2D eigenvalue weighted by Gasteiger charge is -2.17. The summed E-state index contributed by atoms with van der Waals surface area (Å²) in [5.74, 6) is 0.591. The minimum Gasteiger partial charge on any atom is -0.309 e. The molecule has 102 valence electrons. The third-order valence-electron chi connectivity index (χ3n) is 3.57. The van der Waals surface area contributed by atoms with Crippen LogP contribution >= 0.6 is 11.3 Å². The first-order chi connectivity index (χ1) is 9.02. The molecule has 1 nitrogen and oxygen atoms in total. The normalized spacial score (nSPS) is 12.9. The molecule has 0 spiro atoms. The van der Waals surface area contributed by atoms with E-state index in [2.05, 4.69) is 63.3 Å². The fourth-order valence-corrected chi connectivity index (χ4v) is 3.64. The number of hydrogen-bond donors (Lipinski definition) is 1. The van der Waals surface area contributed by atoms with Gasteiger partial charge < -0.3 is 5.32 Å². The van der Waals surface area contributed by atoms with Crippen molar-refractivity contribution in [2.75, 3.05) is 7.05 Å². The number of aryl methyl sites for hydroxylation is 2. The highest BCUT2D eigenvalue weighted by atomic mass is 32.1. The van der Waals surface area contributed by atoms with Gasteiger partial charge in [-0.15, -0.1) is 11.3 Å². The summed E-state index contributed by atoms with van der Waals surface area (Å²) in [4.78, 5) is 2.81. The molecule has 1 N–H and O–H groups in total.